The number of rotatable bonds is 46. The molecule has 12 heteroatoms. The summed E-state index contributed by atoms with van der Waals surface area (Å²) < 4.78 is 26.9. The number of carbonyl (C=O) groups is 3. The van der Waals surface area contributed by atoms with Gasteiger partial charge >= 0.3 is 19.8 Å². The Morgan fingerprint density at radius 3 is 1.35 bits per heavy atom. The van der Waals surface area contributed by atoms with Crippen LogP contribution in [0.1, 0.15) is 213 Å². The molecule has 0 fully saturated rings. The van der Waals surface area contributed by atoms with Gasteiger partial charge < -0.3 is 25.2 Å². The van der Waals surface area contributed by atoms with Crippen molar-refractivity contribution in [2.45, 2.75) is 225 Å². The zero-order valence-electron chi connectivity index (χ0n) is 39.6. The van der Waals surface area contributed by atoms with E-state index in [1.165, 1.54) is 70.6 Å². The van der Waals surface area contributed by atoms with Crippen molar-refractivity contribution < 1.29 is 47.8 Å². The molecule has 0 heterocycles. The largest absolute Gasteiger partial charge is 0.480 e. The third-order valence-corrected chi connectivity index (χ3v) is 11.5. The number of phosphoric ester groups is 1. The van der Waals surface area contributed by atoms with Crippen LogP contribution in [-0.4, -0.2) is 64.9 Å². The van der Waals surface area contributed by atoms with Gasteiger partial charge in [-0.3, -0.25) is 18.6 Å². The molecule has 0 aromatic rings. The Morgan fingerprint density at radius 1 is 0.508 bits per heavy atom. The van der Waals surface area contributed by atoms with E-state index < -0.39 is 57.6 Å². The zero-order valence-corrected chi connectivity index (χ0v) is 40.5. The van der Waals surface area contributed by atoms with Gasteiger partial charge in [0, 0.05) is 12.8 Å². The molecule has 11 nitrogen and oxygen atoms in total. The van der Waals surface area contributed by atoms with Crippen LogP contribution in [0, 0.1) is 0 Å². The van der Waals surface area contributed by atoms with Crippen LogP contribution in [0.5, 0.6) is 0 Å². The van der Waals surface area contributed by atoms with Gasteiger partial charge in [-0.1, -0.05) is 177 Å². The van der Waals surface area contributed by atoms with Crippen LogP contribution in [0.4, 0.5) is 0 Å². The van der Waals surface area contributed by atoms with Crippen LogP contribution in [0.2, 0.25) is 0 Å². The predicted molar refractivity (Wildman–Crippen MR) is 258 cm³/mol. The molecular weight excluding hydrogens is 818 g/mol. The molecule has 0 aromatic heterocycles. The molecule has 3 atom stereocenters. The summed E-state index contributed by atoms with van der Waals surface area (Å²) >= 11 is 0. The molecule has 0 aromatic carbocycles. The smallest absolute Gasteiger partial charge is 0.472 e. The lowest BCUT2D eigenvalue weighted by atomic mass is 10.1. The van der Waals surface area contributed by atoms with E-state index in [0.717, 1.165) is 103 Å². The molecule has 0 spiro atoms. The molecule has 0 aliphatic heterocycles. The maximum absolute atomic E-state index is 12.4. The highest BCUT2D eigenvalue weighted by Gasteiger charge is 2.28. The van der Waals surface area contributed by atoms with Crippen LogP contribution >= 0.6 is 7.82 Å². The second-order valence-corrected chi connectivity index (χ2v) is 18.1. The molecule has 0 aliphatic rings. The maximum Gasteiger partial charge on any atom is 0.472 e. The van der Waals surface area contributed by atoms with E-state index in [4.69, 9.17) is 13.8 Å². The van der Waals surface area contributed by atoms with Gasteiger partial charge in [-0.25, -0.2) is 9.36 Å². The average Bonchev–Trinajstić information content (AvgIpc) is 3.26. The predicted octanol–water partition coefficient (Wildman–Crippen LogP) is 13.5. The van der Waals surface area contributed by atoms with Gasteiger partial charge in [-0.2, -0.15) is 0 Å². The Hall–Kier alpha value is -2.82. The summed E-state index contributed by atoms with van der Waals surface area (Å²) in [6, 6.07) is -1.56. The molecule has 364 valence electrons. The van der Waals surface area contributed by atoms with Crippen molar-refractivity contribution in [3.05, 3.63) is 60.8 Å². The molecule has 1 amide bonds. The third kappa shape index (κ3) is 45.5. The minimum absolute atomic E-state index is 0.130. The minimum atomic E-state index is -4.77. The standard InChI is InChI=1S/C51H90NO10P/c1-3-5-7-9-11-13-15-17-19-21-22-23-24-25-26-27-28-30-32-34-36-38-40-42-49(54)52-48(51(56)57)46-62-63(58,59)61-45-47(53)44-60-50(55)43-41-39-37-35-33-31-29-20-18-16-14-12-10-8-6-4-2/h11,13,17,19-20,22-23,25-26,29,47-48,53H,3-10,12,14-16,18,21,24,27-28,30-46H2,1-2H3,(H,52,54)(H,56,57)(H,58,59)/b13-11-,19-17-,23-22-,26-25-,29-20-. The summed E-state index contributed by atoms with van der Waals surface area (Å²) in [5, 5.41) is 21.9. The molecule has 3 unspecified atom stereocenters. The molecule has 4 N–H and O–H groups in total. The van der Waals surface area contributed by atoms with Crippen LogP contribution < -0.4 is 5.32 Å². The minimum Gasteiger partial charge on any atom is -0.480 e. The maximum atomic E-state index is 12.4. The first-order valence-corrected chi connectivity index (χ1v) is 26.3. The van der Waals surface area contributed by atoms with Gasteiger partial charge in [0.2, 0.25) is 5.91 Å². The van der Waals surface area contributed by atoms with Crippen molar-refractivity contribution in [1.29, 1.82) is 0 Å². The van der Waals surface area contributed by atoms with Gasteiger partial charge in [0.05, 0.1) is 13.2 Å². The van der Waals surface area contributed by atoms with Gasteiger partial charge in [-0.15, -0.1) is 0 Å². The molecule has 0 saturated heterocycles. The third-order valence-electron chi connectivity index (χ3n) is 10.5. The van der Waals surface area contributed by atoms with E-state index in [0.29, 0.717) is 12.8 Å². The summed E-state index contributed by atoms with van der Waals surface area (Å²) in [5.74, 6) is -2.40. The van der Waals surface area contributed by atoms with Crippen molar-refractivity contribution in [3.8, 4) is 0 Å². The van der Waals surface area contributed by atoms with Crippen LogP contribution in [-0.2, 0) is 32.7 Å². The Bertz CT molecular complexity index is 1300. The van der Waals surface area contributed by atoms with Gasteiger partial charge in [0.1, 0.15) is 12.7 Å². The highest BCUT2D eigenvalue weighted by Crippen LogP contribution is 2.43. The number of phosphoric acid groups is 1. The summed E-state index contributed by atoms with van der Waals surface area (Å²) in [6.07, 6.45) is 53.8. The fourth-order valence-corrected chi connectivity index (χ4v) is 7.42. The number of nitrogens with one attached hydrogen (secondary N) is 1. The van der Waals surface area contributed by atoms with Gasteiger partial charge in [0.25, 0.3) is 0 Å². The number of esters is 1. The average molecular weight is 908 g/mol. The van der Waals surface area contributed by atoms with Crippen molar-refractivity contribution in [1.82, 2.24) is 5.32 Å². The number of ether oxygens (including phenoxy) is 1. The number of carboxylic acids is 1. The number of aliphatic hydroxyl groups is 1. The number of carbonyl (C=O) groups excluding carboxylic acids is 2. The van der Waals surface area contributed by atoms with Crippen LogP contribution in [0.25, 0.3) is 0 Å². The molecule has 0 aliphatic carbocycles. The Morgan fingerprint density at radius 2 is 0.873 bits per heavy atom. The normalized spacial score (nSPS) is 14.1. The molecule has 63 heavy (non-hydrogen) atoms. The number of aliphatic carboxylic acids is 1. The van der Waals surface area contributed by atoms with Crippen molar-refractivity contribution in [2.75, 3.05) is 19.8 Å². The second-order valence-electron chi connectivity index (χ2n) is 16.6. The second kappa shape index (κ2) is 45.7. The van der Waals surface area contributed by atoms with Crippen LogP contribution in [0.3, 0.4) is 0 Å². The number of hydrogen-bond acceptors (Lipinski definition) is 8. The van der Waals surface area contributed by atoms with E-state index >= 15 is 0 Å². The van der Waals surface area contributed by atoms with E-state index in [1.807, 2.05) is 0 Å². The molecular formula is C51H90NO10P. The topological polar surface area (TPSA) is 169 Å². The number of hydrogen-bond donors (Lipinski definition) is 4. The van der Waals surface area contributed by atoms with Crippen molar-refractivity contribution in [3.63, 3.8) is 0 Å². The lowest BCUT2D eigenvalue weighted by molar-refractivity contribution is -0.147. The first kappa shape index (κ1) is 60.2. The highest BCUT2D eigenvalue weighted by molar-refractivity contribution is 7.47. The number of carboxylic acid groups (broad SMARTS) is 1. The van der Waals surface area contributed by atoms with Crippen molar-refractivity contribution in [2.24, 2.45) is 0 Å². The number of unbranched alkanes of at least 4 members (excludes halogenated alkanes) is 22. The molecule has 0 saturated carbocycles. The molecule has 0 bridgehead atoms. The highest BCUT2D eigenvalue weighted by atomic mass is 31.2. The fourth-order valence-electron chi connectivity index (χ4n) is 6.65. The molecule has 0 radical (unpaired) electrons. The quantitative estimate of drug-likeness (QED) is 0.0200. The lowest BCUT2D eigenvalue weighted by Crippen LogP contribution is -2.43. The van der Waals surface area contributed by atoms with Crippen LogP contribution in [0.15, 0.2) is 60.8 Å². The van der Waals surface area contributed by atoms with Crippen molar-refractivity contribution >= 4 is 25.7 Å². The van der Waals surface area contributed by atoms with E-state index in [9.17, 15) is 34.1 Å². The van der Waals surface area contributed by atoms with Gasteiger partial charge in [-0.05, 0) is 83.5 Å². The summed E-state index contributed by atoms with van der Waals surface area (Å²) in [7, 11) is -4.77. The Labute approximate surface area is 383 Å². The molecule has 0 rings (SSSR count). The monoisotopic (exact) mass is 908 g/mol. The number of amides is 1. The van der Waals surface area contributed by atoms with E-state index in [1.54, 1.807) is 0 Å². The Balaban J connectivity index is 3.90. The fraction of sp³-hybridized carbons (Fsp3) is 0.745. The first-order chi connectivity index (χ1) is 30.6. The Kier molecular flexibility index (Phi) is 43.7. The lowest BCUT2D eigenvalue weighted by Gasteiger charge is -2.18. The summed E-state index contributed by atoms with van der Waals surface area (Å²) in [6.45, 7) is 2.56. The van der Waals surface area contributed by atoms with E-state index in [-0.39, 0.29) is 12.8 Å². The zero-order chi connectivity index (χ0) is 46.3. The number of allylic oxidation sites excluding steroid dienone is 10. The SMILES string of the molecule is CCCCC/C=C\C/C=C\C/C=C\C/C=C\CCCCCCCCCC(=O)NC(COP(=O)(O)OCC(O)COC(=O)CCCCCCC/C=C\CCCCCCCCC)C(=O)O. The number of aliphatic hydroxyl groups excluding tert-OH is 1. The van der Waals surface area contributed by atoms with E-state index in [2.05, 4.69) is 79.9 Å². The summed E-state index contributed by atoms with van der Waals surface area (Å²) in [4.78, 5) is 46.1. The summed E-state index contributed by atoms with van der Waals surface area (Å²) in [5.41, 5.74) is 0. The first-order valence-electron chi connectivity index (χ1n) is 24.8. The van der Waals surface area contributed by atoms with Gasteiger partial charge in [0.15, 0.2) is 6.04 Å².